The van der Waals surface area contributed by atoms with Gasteiger partial charge in [-0.3, -0.25) is 4.90 Å². The number of nitrogens with zero attached hydrogens (tertiary/aromatic N) is 2. The normalized spacial score (nSPS) is 14.2. The van der Waals surface area contributed by atoms with Gasteiger partial charge < -0.3 is 14.2 Å². The maximum Gasteiger partial charge on any atom is 0.218 e. The molecule has 0 saturated carbocycles. The minimum Gasteiger partial charge on any atom is -0.493 e. The van der Waals surface area contributed by atoms with E-state index in [-0.39, 0.29) is 0 Å². The summed E-state index contributed by atoms with van der Waals surface area (Å²) in [6.45, 7) is 7.60. The van der Waals surface area contributed by atoms with Crippen molar-refractivity contribution in [2.75, 3.05) is 33.9 Å². The Hall–Kier alpha value is -2.79. The number of hydrogen-bond donors (Lipinski definition) is 0. The Kier molecular flexibility index (Phi) is 5.58. The third kappa shape index (κ3) is 4.15. The molecule has 0 spiro atoms. The van der Waals surface area contributed by atoms with Gasteiger partial charge in [-0.05, 0) is 67.3 Å². The summed E-state index contributed by atoms with van der Waals surface area (Å²) in [6, 6.07) is 12.7. The summed E-state index contributed by atoms with van der Waals surface area (Å²) in [4.78, 5) is 7.22. The number of hydrogen-bond acceptors (Lipinski definition) is 5. The van der Waals surface area contributed by atoms with E-state index in [1.54, 1.807) is 14.2 Å². The van der Waals surface area contributed by atoms with Crippen molar-refractivity contribution >= 4 is 10.9 Å². The number of benzene rings is 2. The smallest absolute Gasteiger partial charge is 0.218 e. The van der Waals surface area contributed by atoms with Gasteiger partial charge in [0.2, 0.25) is 5.88 Å². The molecule has 1 aliphatic heterocycles. The van der Waals surface area contributed by atoms with Crippen LogP contribution in [0, 0.1) is 13.8 Å². The van der Waals surface area contributed by atoms with Gasteiger partial charge in [0.25, 0.3) is 0 Å². The van der Waals surface area contributed by atoms with Crippen LogP contribution in [0.5, 0.6) is 17.4 Å². The summed E-state index contributed by atoms with van der Waals surface area (Å²) < 4.78 is 16.7. The zero-order valence-corrected chi connectivity index (χ0v) is 17.6. The molecule has 0 unspecified atom stereocenters. The second-order valence-electron chi connectivity index (χ2n) is 7.65. The van der Waals surface area contributed by atoms with Crippen molar-refractivity contribution in [1.82, 2.24) is 9.88 Å². The van der Waals surface area contributed by atoms with E-state index in [0.717, 1.165) is 54.5 Å². The fourth-order valence-electron chi connectivity index (χ4n) is 3.81. The molecule has 5 heteroatoms. The fraction of sp³-hybridized carbons (Fsp3) is 0.375. The van der Waals surface area contributed by atoms with E-state index in [9.17, 15) is 0 Å². The standard InChI is InChI=1S/C24H28N2O3/c1-16-11-19-14-20-15-26(9-10-29-24(20)25-21(19)12-17(16)2)8-7-18-5-6-22(27-3)23(13-18)28-4/h5-6,11-14H,7-10,15H2,1-4H3. The van der Waals surface area contributed by atoms with Crippen molar-refractivity contribution in [3.05, 3.63) is 58.7 Å². The number of aromatic nitrogens is 1. The van der Waals surface area contributed by atoms with Crippen molar-refractivity contribution in [3.63, 3.8) is 0 Å². The molecule has 0 N–H and O–H groups in total. The molecule has 2 aromatic carbocycles. The number of pyridine rings is 1. The predicted molar refractivity (Wildman–Crippen MR) is 115 cm³/mol. The Labute approximate surface area is 172 Å². The lowest BCUT2D eigenvalue weighted by atomic mass is 10.0. The van der Waals surface area contributed by atoms with E-state index in [0.29, 0.717) is 6.61 Å². The molecule has 0 amide bonds. The number of fused-ring (bicyclic) bond motifs is 2. The van der Waals surface area contributed by atoms with Crippen LogP contribution in [-0.2, 0) is 13.0 Å². The quantitative estimate of drug-likeness (QED) is 0.647. The molecule has 0 atom stereocenters. The summed E-state index contributed by atoms with van der Waals surface area (Å²) in [5, 5.41) is 1.18. The molecule has 3 aromatic rings. The third-order valence-corrected chi connectivity index (χ3v) is 5.67. The van der Waals surface area contributed by atoms with E-state index in [4.69, 9.17) is 19.2 Å². The van der Waals surface area contributed by atoms with Gasteiger partial charge in [0.1, 0.15) is 6.61 Å². The van der Waals surface area contributed by atoms with Crippen LogP contribution in [-0.4, -0.2) is 43.8 Å². The number of aryl methyl sites for hydroxylation is 2. The first-order valence-electron chi connectivity index (χ1n) is 10.0. The Balaban J connectivity index is 1.51. The van der Waals surface area contributed by atoms with Crippen molar-refractivity contribution in [1.29, 1.82) is 0 Å². The summed E-state index contributed by atoms with van der Waals surface area (Å²) in [6.07, 6.45) is 0.939. The lowest BCUT2D eigenvalue weighted by molar-refractivity contribution is 0.225. The maximum absolute atomic E-state index is 5.99. The monoisotopic (exact) mass is 392 g/mol. The van der Waals surface area contributed by atoms with Gasteiger partial charge in [-0.1, -0.05) is 6.07 Å². The molecule has 5 nitrogen and oxygen atoms in total. The molecule has 0 saturated heterocycles. The largest absolute Gasteiger partial charge is 0.493 e. The minimum absolute atomic E-state index is 0.655. The fourth-order valence-corrected chi connectivity index (χ4v) is 3.81. The highest BCUT2D eigenvalue weighted by molar-refractivity contribution is 5.82. The van der Waals surface area contributed by atoms with E-state index >= 15 is 0 Å². The highest BCUT2D eigenvalue weighted by Crippen LogP contribution is 2.29. The number of ether oxygens (including phenoxy) is 3. The highest BCUT2D eigenvalue weighted by atomic mass is 16.5. The first-order chi connectivity index (χ1) is 14.1. The number of rotatable bonds is 5. The van der Waals surface area contributed by atoms with E-state index < -0.39 is 0 Å². The second-order valence-corrected chi connectivity index (χ2v) is 7.65. The van der Waals surface area contributed by atoms with E-state index in [2.05, 4.69) is 49.1 Å². The molecule has 0 bridgehead atoms. The Morgan fingerprint density at radius 3 is 2.59 bits per heavy atom. The molecular formula is C24H28N2O3. The van der Waals surface area contributed by atoms with Crippen LogP contribution in [0.1, 0.15) is 22.3 Å². The first kappa shape index (κ1) is 19.5. The van der Waals surface area contributed by atoms with Gasteiger partial charge in [-0.25, -0.2) is 4.98 Å². The highest BCUT2D eigenvalue weighted by Gasteiger charge is 2.18. The van der Waals surface area contributed by atoms with Crippen molar-refractivity contribution < 1.29 is 14.2 Å². The lowest BCUT2D eigenvalue weighted by Gasteiger charge is -2.19. The molecule has 1 aromatic heterocycles. The van der Waals surface area contributed by atoms with Crippen molar-refractivity contribution in [2.45, 2.75) is 26.8 Å². The average molecular weight is 392 g/mol. The summed E-state index contributed by atoms with van der Waals surface area (Å²) in [5.41, 5.74) is 5.95. The topological polar surface area (TPSA) is 43.8 Å². The Morgan fingerprint density at radius 1 is 1.00 bits per heavy atom. The van der Waals surface area contributed by atoms with Gasteiger partial charge in [-0.2, -0.15) is 0 Å². The molecule has 152 valence electrons. The molecular weight excluding hydrogens is 364 g/mol. The van der Waals surface area contributed by atoms with Gasteiger partial charge >= 0.3 is 0 Å². The zero-order valence-electron chi connectivity index (χ0n) is 17.6. The summed E-state index contributed by atoms with van der Waals surface area (Å²) in [7, 11) is 3.33. The van der Waals surface area contributed by atoms with Gasteiger partial charge in [-0.15, -0.1) is 0 Å². The van der Waals surface area contributed by atoms with Crippen LogP contribution in [0.3, 0.4) is 0 Å². The zero-order chi connectivity index (χ0) is 20.4. The SMILES string of the molecule is COc1ccc(CCN2CCOc3nc4cc(C)c(C)cc4cc3C2)cc1OC. The molecule has 29 heavy (non-hydrogen) atoms. The molecule has 0 fully saturated rings. The summed E-state index contributed by atoms with van der Waals surface area (Å²) in [5.74, 6) is 2.31. The van der Waals surface area contributed by atoms with Crippen LogP contribution in [0.2, 0.25) is 0 Å². The first-order valence-corrected chi connectivity index (χ1v) is 10.0. The average Bonchev–Trinajstić information content (AvgIpc) is 2.92. The third-order valence-electron chi connectivity index (χ3n) is 5.67. The van der Waals surface area contributed by atoms with E-state index in [1.807, 2.05) is 6.07 Å². The van der Waals surface area contributed by atoms with Gasteiger partial charge in [0.15, 0.2) is 11.5 Å². The van der Waals surface area contributed by atoms with Crippen molar-refractivity contribution in [2.24, 2.45) is 0 Å². The molecule has 0 radical (unpaired) electrons. The predicted octanol–water partition coefficient (Wildman–Crippen LogP) is 4.31. The van der Waals surface area contributed by atoms with Crippen molar-refractivity contribution in [3.8, 4) is 17.4 Å². The minimum atomic E-state index is 0.655. The lowest BCUT2D eigenvalue weighted by Crippen LogP contribution is -2.28. The van der Waals surface area contributed by atoms with Crippen LogP contribution >= 0.6 is 0 Å². The molecule has 2 heterocycles. The Bertz CT molecular complexity index is 1030. The van der Waals surface area contributed by atoms with Crippen LogP contribution in [0.25, 0.3) is 10.9 Å². The molecule has 0 aliphatic carbocycles. The second kappa shape index (κ2) is 8.29. The molecule has 4 rings (SSSR count). The van der Waals surface area contributed by atoms with Gasteiger partial charge in [0, 0.05) is 30.6 Å². The van der Waals surface area contributed by atoms with Crippen LogP contribution in [0.4, 0.5) is 0 Å². The summed E-state index contributed by atoms with van der Waals surface area (Å²) >= 11 is 0. The Morgan fingerprint density at radius 2 is 1.79 bits per heavy atom. The number of methoxy groups -OCH3 is 2. The molecule has 1 aliphatic rings. The van der Waals surface area contributed by atoms with Crippen LogP contribution < -0.4 is 14.2 Å². The van der Waals surface area contributed by atoms with Crippen LogP contribution in [0.15, 0.2) is 36.4 Å². The van der Waals surface area contributed by atoms with E-state index in [1.165, 1.54) is 22.1 Å². The van der Waals surface area contributed by atoms with Gasteiger partial charge in [0.05, 0.1) is 19.7 Å². The maximum atomic E-state index is 5.99.